The first-order valence-electron chi connectivity index (χ1n) is 10.0. The van der Waals surface area contributed by atoms with Crippen molar-refractivity contribution < 1.29 is 14.0 Å². The summed E-state index contributed by atoms with van der Waals surface area (Å²) in [5.74, 6) is -0.853. The van der Waals surface area contributed by atoms with Gasteiger partial charge in [-0.1, -0.05) is 55.2 Å². The summed E-state index contributed by atoms with van der Waals surface area (Å²) >= 11 is 12.5. The number of hydrogen-bond acceptors (Lipinski definition) is 2. The van der Waals surface area contributed by atoms with Gasteiger partial charge < -0.3 is 10.2 Å². The highest BCUT2D eigenvalue weighted by Gasteiger charge is 2.30. The molecule has 0 aromatic heterocycles. The number of amides is 2. The Morgan fingerprint density at radius 2 is 1.63 bits per heavy atom. The van der Waals surface area contributed by atoms with Crippen molar-refractivity contribution in [3.05, 3.63) is 69.5 Å². The number of nitrogens with zero attached hydrogens (tertiary/aromatic N) is 1. The van der Waals surface area contributed by atoms with E-state index in [0.29, 0.717) is 22.0 Å². The molecule has 2 aromatic carbocycles. The quantitative estimate of drug-likeness (QED) is 0.553. The molecule has 0 aliphatic rings. The van der Waals surface area contributed by atoms with Crippen LogP contribution in [0.1, 0.15) is 44.7 Å². The Morgan fingerprint density at radius 3 is 2.17 bits per heavy atom. The van der Waals surface area contributed by atoms with Gasteiger partial charge >= 0.3 is 0 Å². The minimum atomic E-state index is -0.669. The Labute approximate surface area is 187 Å². The van der Waals surface area contributed by atoms with Crippen LogP contribution in [0, 0.1) is 5.82 Å². The predicted octanol–water partition coefficient (Wildman–Crippen LogP) is 5.40. The van der Waals surface area contributed by atoms with Crippen LogP contribution in [0.3, 0.4) is 0 Å². The van der Waals surface area contributed by atoms with Crippen molar-refractivity contribution in [2.24, 2.45) is 0 Å². The van der Waals surface area contributed by atoms with Gasteiger partial charge in [-0.25, -0.2) is 4.39 Å². The molecule has 2 amide bonds. The summed E-state index contributed by atoms with van der Waals surface area (Å²) in [5, 5.41) is 3.75. The largest absolute Gasteiger partial charge is 0.352 e. The molecule has 2 atom stereocenters. The fraction of sp³-hybridized carbons (Fsp3) is 0.391. The van der Waals surface area contributed by atoms with Gasteiger partial charge in [-0.3, -0.25) is 9.59 Å². The van der Waals surface area contributed by atoms with E-state index < -0.39 is 6.04 Å². The molecule has 0 aliphatic heterocycles. The number of carbonyl (C=O) groups is 2. The molecule has 2 rings (SSSR count). The highest BCUT2D eigenvalue weighted by Crippen LogP contribution is 2.26. The van der Waals surface area contributed by atoms with E-state index in [9.17, 15) is 14.0 Å². The molecule has 0 saturated heterocycles. The predicted molar refractivity (Wildman–Crippen MR) is 119 cm³/mol. The fourth-order valence-corrected chi connectivity index (χ4v) is 3.63. The fourth-order valence-electron chi connectivity index (χ4n) is 3.10. The van der Waals surface area contributed by atoms with Gasteiger partial charge in [-0.2, -0.15) is 0 Å². The van der Waals surface area contributed by atoms with Gasteiger partial charge in [0.1, 0.15) is 11.9 Å². The number of benzene rings is 2. The van der Waals surface area contributed by atoms with Crippen LogP contribution in [0.5, 0.6) is 0 Å². The summed E-state index contributed by atoms with van der Waals surface area (Å²) < 4.78 is 13.3. The topological polar surface area (TPSA) is 49.4 Å². The van der Waals surface area contributed by atoms with Crippen LogP contribution in [0.4, 0.5) is 4.39 Å². The van der Waals surface area contributed by atoms with Gasteiger partial charge in [-0.05, 0) is 55.2 Å². The summed E-state index contributed by atoms with van der Waals surface area (Å²) in [6.45, 7) is 5.93. The summed E-state index contributed by atoms with van der Waals surface area (Å²) in [7, 11) is 0. The van der Waals surface area contributed by atoms with Crippen LogP contribution < -0.4 is 5.32 Å². The van der Waals surface area contributed by atoms with E-state index in [0.717, 1.165) is 12.0 Å². The highest BCUT2D eigenvalue weighted by atomic mass is 35.5. The third kappa shape index (κ3) is 6.44. The van der Waals surface area contributed by atoms with Gasteiger partial charge in [-0.15, -0.1) is 0 Å². The molecule has 0 aliphatic carbocycles. The molecule has 7 heteroatoms. The number of carbonyl (C=O) groups excluding carboxylic acids is 2. The number of hydrogen-bond donors (Lipinski definition) is 1. The lowest BCUT2D eigenvalue weighted by Crippen LogP contribution is -2.51. The van der Waals surface area contributed by atoms with E-state index in [2.05, 4.69) is 5.32 Å². The maximum absolute atomic E-state index is 13.3. The van der Waals surface area contributed by atoms with E-state index in [1.165, 1.54) is 17.0 Å². The Kier molecular flexibility index (Phi) is 9.12. The minimum absolute atomic E-state index is 0.00710. The van der Waals surface area contributed by atoms with Crippen LogP contribution in [0.25, 0.3) is 0 Å². The van der Waals surface area contributed by atoms with E-state index in [1.807, 2.05) is 20.8 Å². The lowest BCUT2D eigenvalue weighted by atomic mass is 10.1. The number of nitrogens with one attached hydrogen (secondary N) is 1. The molecule has 0 heterocycles. The Morgan fingerprint density at radius 1 is 1.03 bits per heavy atom. The van der Waals surface area contributed by atoms with Gasteiger partial charge in [0.05, 0.1) is 6.42 Å². The molecule has 30 heavy (non-hydrogen) atoms. The summed E-state index contributed by atoms with van der Waals surface area (Å²) in [6, 6.07) is 10.3. The molecular formula is C23H27Cl2FN2O2. The summed E-state index contributed by atoms with van der Waals surface area (Å²) in [4.78, 5) is 27.7. The maximum atomic E-state index is 13.3. The van der Waals surface area contributed by atoms with Crippen molar-refractivity contribution in [3.63, 3.8) is 0 Å². The van der Waals surface area contributed by atoms with Crippen molar-refractivity contribution in [1.82, 2.24) is 10.2 Å². The van der Waals surface area contributed by atoms with Crippen molar-refractivity contribution >= 4 is 35.0 Å². The second-order valence-electron chi connectivity index (χ2n) is 7.27. The summed E-state index contributed by atoms with van der Waals surface area (Å²) in [5.41, 5.74) is 1.25. The molecule has 4 nitrogen and oxygen atoms in total. The van der Waals surface area contributed by atoms with Gasteiger partial charge in [0.15, 0.2) is 0 Å². The van der Waals surface area contributed by atoms with E-state index in [4.69, 9.17) is 23.2 Å². The van der Waals surface area contributed by atoms with Crippen molar-refractivity contribution in [2.45, 2.75) is 58.7 Å². The second-order valence-corrected chi connectivity index (χ2v) is 8.08. The third-order valence-electron chi connectivity index (χ3n) is 5.04. The van der Waals surface area contributed by atoms with Crippen molar-refractivity contribution in [3.8, 4) is 0 Å². The van der Waals surface area contributed by atoms with E-state index in [1.54, 1.807) is 30.3 Å². The molecule has 0 fully saturated rings. The molecule has 0 radical (unpaired) electrons. The average Bonchev–Trinajstić information content (AvgIpc) is 2.71. The lowest BCUT2D eigenvalue weighted by molar-refractivity contribution is -0.141. The molecule has 0 spiro atoms. The van der Waals surface area contributed by atoms with E-state index >= 15 is 0 Å². The number of rotatable bonds is 9. The Balaban J connectivity index is 2.34. The molecule has 2 aromatic rings. The zero-order valence-electron chi connectivity index (χ0n) is 17.4. The molecule has 0 saturated carbocycles. The first-order chi connectivity index (χ1) is 14.3. The van der Waals surface area contributed by atoms with Crippen LogP contribution in [-0.2, 0) is 22.6 Å². The minimum Gasteiger partial charge on any atom is -0.352 e. The van der Waals surface area contributed by atoms with Crippen LogP contribution >= 0.6 is 23.2 Å². The van der Waals surface area contributed by atoms with E-state index in [-0.39, 0.29) is 36.6 Å². The lowest BCUT2D eigenvalue weighted by Gasteiger charge is -2.31. The zero-order chi connectivity index (χ0) is 22.3. The first kappa shape index (κ1) is 24.2. The molecule has 162 valence electrons. The molecule has 0 unspecified atom stereocenters. The normalized spacial score (nSPS) is 12.9. The maximum Gasteiger partial charge on any atom is 0.243 e. The molecule has 0 bridgehead atoms. The Bertz CT molecular complexity index is 854. The van der Waals surface area contributed by atoms with Crippen molar-refractivity contribution in [1.29, 1.82) is 0 Å². The van der Waals surface area contributed by atoms with Crippen LogP contribution in [-0.4, -0.2) is 28.8 Å². The Hall–Kier alpha value is -2.11. The smallest absolute Gasteiger partial charge is 0.243 e. The highest BCUT2D eigenvalue weighted by molar-refractivity contribution is 6.36. The van der Waals surface area contributed by atoms with Gasteiger partial charge in [0, 0.05) is 22.6 Å². The first-order valence-corrected chi connectivity index (χ1v) is 10.8. The van der Waals surface area contributed by atoms with Crippen LogP contribution in [0.2, 0.25) is 10.0 Å². The average molecular weight is 453 g/mol. The second kappa shape index (κ2) is 11.3. The van der Waals surface area contributed by atoms with Crippen molar-refractivity contribution in [2.75, 3.05) is 0 Å². The van der Waals surface area contributed by atoms with Gasteiger partial charge in [0.25, 0.3) is 0 Å². The molecule has 1 N–H and O–H groups in total. The zero-order valence-corrected chi connectivity index (χ0v) is 18.9. The SMILES string of the molecule is CC[C@@H](C)NC(=O)[C@@H](CC)N(Cc1ccc(F)cc1)C(=O)Cc1c(Cl)cccc1Cl. The molecular weight excluding hydrogens is 426 g/mol. The third-order valence-corrected chi connectivity index (χ3v) is 5.75. The van der Waals surface area contributed by atoms with Crippen LogP contribution in [0.15, 0.2) is 42.5 Å². The summed E-state index contributed by atoms with van der Waals surface area (Å²) in [6.07, 6.45) is 1.18. The van der Waals surface area contributed by atoms with Gasteiger partial charge in [0.2, 0.25) is 11.8 Å². The monoisotopic (exact) mass is 452 g/mol. The standard InChI is InChI=1S/C23H27Cl2FN2O2/c1-4-15(3)27-23(30)21(5-2)28(14-16-9-11-17(26)12-10-16)22(29)13-18-19(24)7-6-8-20(18)25/h6-12,15,21H,4-5,13-14H2,1-3H3,(H,27,30)/t15-,21-/m1/s1. The number of halogens is 3.